The number of rotatable bonds is 1. The summed E-state index contributed by atoms with van der Waals surface area (Å²) in [6, 6.07) is 28.4. The predicted molar refractivity (Wildman–Crippen MR) is 100 cm³/mol. The van der Waals surface area contributed by atoms with Crippen LogP contribution >= 0.6 is 0 Å². The van der Waals surface area contributed by atoms with E-state index in [9.17, 15) is 0 Å². The maximum absolute atomic E-state index is 2.53. The molecule has 0 spiro atoms. The lowest BCUT2D eigenvalue weighted by atomic mass is 9.90. The first-order chi connectivity index (χ1) is 11.8. The lowest BCUT2D eigenvalue weighted by molar-refractivity contribution is 0.446. The molecule has 0 aliphatic carbocycles. The molecule has 0 radical (unpaired) electrons. The Balaban J connectivity index is 1.76. The highest BCUT2D eigenvalue weighted by atomic mass is 15.4. The van der Waals surface area contributed by atoms with Crippen LogP contribution in [0.1, 0.15) is 12.5 Å². The van der Waals surface area contributed by atoms with Crippen LogP contribution in [-0.2, 0) is 6.42 Å². The molecule has 2 heteroatoms. The Hall–Kier alpha value is -2.74. The van der Waals surface area contributed by atoms with Crippen molar-refractivity contribution in [2.75, 3.05) is 9.80 Å². The van der Waals surface area contributed by atoms with Crippen molar-refractivity contribution in [2.45, 2.75) is 19.5 Å². The van der Waals surface area contributed by atoms with Crippen LogP contribution in [0.2, 0.25) is 0 Å². The molecule has 118 valence electrons. The van der Waals surface area contributed by atoms with E-state index in [0.29, 0.717) is 12.1 Å². The number of anilines is 4. The molecule has 24 heavy (non-hydrogen) atoms. The van der Waals surface area contributed by atoms with Crippen LogP contribution in [-0.4, -0.2) is 6.17 Å². The van der Waals surface area contributed by atoms with Gasteiger partial charge in [0.15, 0.2) is 0 Å². The molecular weight excluding hydrogens is 292 g/mol. The minimum absolute atomic E-state index is 0.333. The van der Waals surface area contributed by atoms with E-state index < -0.39 is 0 Å². The molecule has 0 saturated heterocycles. The quantitative estimate of drug-likeness (QED) is 0.586. The Morgan fingerprint density at radius 3 is 2.00 bits per heavy atom. The molecule has 5 rings (SSSR count). The largest absolute Gasteiger partial charge is 0.318 e. The summed E-state index contributed by atoms with van der Waals surface area (Å²) in [5, 5.41) is 0. The number of benzene rings is 3. The van der Waals surface area contributed by atoms with E-state index in [2.05, 4.69) is 95.6 Å². The van der Waals surface area contributed by atoms with Gasteiger partial charge in [0.05, 0.1) is 11.4 Å². The normalized spacial score (nSPS) is 21.2. The molecule has 3 aromatic rings. The Morgan fingerprint density at radius 1 is 0.667 bits per heavy atom. The zero-order chi connectivity index (χ0) is 16.1. The minimum Gasteiger partial charge on any atom is -0.318 e. The second kappa shape index (κ2) is 5.13. The van der Waals surface area contributed by atoms with Crippen LogP contribution in [0.15, 0.2) is 78.9 Å². The van der Waals surface area contributed by atoms with Crippen LogP contribution < -0.4 is 9.80 Å². The number of fused-ring (bicyclic) bond motifs is 5. The molecule has 2 heterocycles. The van der Waals surface area contributed by atoms with Crippen molar-refractivity contribution in [3.63, 3.8) is 0 Å². The molecular formula is C22H20N2. The van der Waals surface area contributed by atoms with Crippen molar-refractivity contribution in [1.29, 1.82) is 0 Å². The van der Waals surface area contributed by atoms with Gasteiger partial charge in [-0.1, -0.05) is 55.5 Å². The van der Waals surface area contributed by atoms with Gasteiger partial charge < -0.3 is 9.80 Å². The van der Waals surface area contributed by atoms with Crippen LogP contribution in [0.25, 0.3) is 0 Å². The van der Waals surface area contributed by atoms with E-state index >= 15 is 0 Å². The molecule has 0 saturated carbocycles. The third-order valence-corrected chi connectivity index (χ3v) is 5.27. The fourth-order valence-electron chi connectivity index (χ4n) is 4.30. The van der Waals surface area contributed by atoms with Gasteiger partial charge in [0.1, 0.15) is 6.17 Å². The van der Waals surface area contributed by atoms with Gasteiger partial charge in [-0.05, 0) is 48.2 Å². The topological polar surface area (TPSA) is 6.48 Å². The lowest BCUT2D eigenvalue weighted by Gasteiger charge is -2.42. The first-order valence-corrected chi connectivity index (χ1v) is 8.65. The first-order valence-electron chi connectivity index (χ1n) is 8.65. The van der Waals surface area contributed by atoms with Gasteiger partial charge in [-0.15, -0.1) is 0 Å². The monoisotopic (exact) mass is 312 g/mol. The second-order valence-electron chi connectivity index (χ2n) is 6.79. The van der Waals surface area contributed by atoms with Crippen LogP contribution in [0.5, 0.6) is 0 Å². The SMILES string of the molecule is C[C@H]1Cc2ccccc2N2c3ccccc3N(c3ccccc3)C12. The fraction of sp³-hybridized carbons (Fsp3) is 0.182. The van der Waals surface area contributed by atoms with Crippen molar-refractivity contribution < 1.29 is 0 Å². The fourth-order valence-corrected chi connectivity index (χ4v) is 4.30. The van der Waals surface area contributed by atoms with Gasteiger partial charge in [-0.25, -0.2) is 0 Å². The Labute approximate surface area is 143 Å². The molecule has 2 nitrogen and oxygen atoms in total. The maximum Gasteiger partial charge on any atom is 0.114 e. The van der Waals surface area contributed by atoms with Crippen molar-refractivity contribution >= 4 is 22.7 Å². The van der Waals surface area contributed by atoms with E-state index in [1.165, 1.54) is 28.3 Å². The highest BCUT2D eigenvalue weighted by molar-refractivity contribution is 5.89. The minimum atomic E-state index is 0.333. The molecule has 0 bridgehead atoms. The van der Waals surface area contributed by atoms with E-state index in [-0.39, 0.29) is 0 Å². The highest BCUT2D eigenvalue weighted by Crippen LogP contribution is 2.52. The van der Waals surface area contributed by atoms with E-state index in [0.717, 1.165) is 6.42 Å². The van der Waals surface area contributed by atoms with Crippen molar-refractivity contribution in [3.8, 4) is 0 Å². The summed E-state index contributed by atoms with van der Waals surface area (Å²) in [5.74, 6) is 0.549. The summed E-state index contributed by atoms with van der Waals surface area (Å²) in [6.07, 6.45) is 1.45. The number of nitrogens with zero attached hydrogens (tertiary/aromatic N) is 2. The summed E-state index contributed by atoms with van der Waals surface area (Å²) in [5.41, 5.74) is 6.68. The lowest BCUT2D eigenvalue weighted by Crippen LogP contribution is -2.46. The third-order valence-electron chi connectivity index (χ3n) is 5.27. The van der Waals surface area contributed by atoms with Crippen LogP contribution in [0, 0.1) is 5.92 Å². The summed E-state index contributed by atoms with van der Waals surface area (Å²) < 4.78 is 0. The van der Waals surface area contributed by atoms with Crippen molar-refractivity contribution in [2.24, 2.45) is 5.92 Å². The van der Waals surface area contributed by atoms with E-state index in [1.807, 2.05) is 0 Å². The van der Waals surface area contributed by atoms with Gasteiger partial charge >= 0.3 is 0 Å². The molecule has 0 N–H and O–H groups in total. The van der Waals surface area contributed by atoms with Crippen LogP contribution in [0.4, 0.5) is 22.7 Å². The maximum atomic E-state index is 2.53. The number of hydrogen-bond acceptors (Lipinski definition) is 2. The number of hydrogen-bond donors (Lipinski definition) is 0. The summed E-state index contributed by atoms with van der Waals surface area (Å²) >= 11 is 0. The zero-order valence-corrected chi connectivity index (χ0v) is 13.8. The molecule has 2 aliphatic rings. The summed E-state index contributed by atoms with van der Waals surface area (Å²) in [7, 11) is 0. The van der Waals surface area contributed by atoms with Crippen LogP contribution in [0.3, 0.4) is 0 Å². The zero-order valence-electron chi connectivity index (χ0n) is 13.8. The Morgan fingerprint density at radius 2 is 1.25 bits per heavy atom. The molecule has 0 amide bonds. The Bertz CT molecular complexity index is 887. The molecule has 0 aromatic heterocycles. The molecule has 2 atom stereocenters. The van der Waals surface area contributed by atoms with E-state index in [1.54, 1.807) is 0 Å². The Kier molecular flexibility index (Phi) is 2.93. The average molecular weight is 312 g/mol. The molecule has 1 unspecified atom stereocenters. The third kappa shape index (κ3) is 1.83. The standard InChI is InChI=1S/C22H20N2/c1-16-15-17-9-5-6-12-19(17)24-21-14-8-7-13-20(21)23(22(16)24)18-10-3-2-4-11-18/h2-14,16,22H,15H2,1H3/t16-,22?/m0/s1. The summed E-state index contributed by atoms with van der Waals surface area (Å²) in [6.45, 7) is 2.37. The van der Waals surface area contributed by atoms with Gasteiger partial charge in [-0.3, -0.25) is 0 Å². The molecule has 0 fully saturated rings. The second-order valence-corrected chi connectivity index (χ2v) is 6.79. The van der Waals surface area contributed by atoms with Gasteiger partial charge in [0.25, 0.3) is 0 Å². The van der Waals surface area contributed by atoms with Crippen molar-refractivity contribution in [3.05, 3.63) is 84.4 Å². The highest BCUT2D eigenvalue weighted by Gasteiger charge is 2.43. The van der Waals surface area contributed by atoms with Crippen molar-refractivity contribution in [1.82, 2.24) is 0 Å². The first kappa shape index (κ1) is 13.7. The predicted octanol–water partition coefficient (Wildman–Crippen LogP) is 5.49. The summed E-state index contributed by atoms with van der Waals surface area (Å²) in [4.78, 5) is 5.04. The van der Waals surface area contributed by atoms with Gasteiger partial charge in [-0.2, -0.15) is 0 Å². The average Bonchev–Trinajstić information content (AvgIpc) is 2.99. The van der Waals surface area contributed by atoms with Gasteiger partial charge in [0.2, 0.25) is 0 Å². The molecule has 3 aromatic carbocycles. The van der Waals surface area contributed by atoms with Gasteiger partial charge in [0, 0.05) is 11.4 Å². The smallest absolute Gasteiger partial charge is 0.114 e. The molecule has 2 aliphatic heterocycles. The number of para-hydroxylation sites is 4. The van der Waals surface area contributed by atoms with E-state index in [4.69, 9.17) is 0 Å².